The maximum absolute atomic E-state index is 12.8. The van der Waals surface area contributed by atoms with Crippen LogP contribution in [0, 0.1) is 13.8 Å². The number of carbonyl (C=O) groups excluding carboxylic acids is 3. The van der Waals surface area contributed by atoms with E-state index in [0.29, 0.717) is 22.6 Å². The first kappa shape index (κ1) is 22.8. The van der Waals surface area contributed by atoms with Gasteiger partial charge in [0.05, 0.1) is 18.4 Å². The van der Waals surface area contributed by atoms with E-state index in [1.165, 1.54) is 14.0 Å². The first-order valence-corrected chi connectivity index (χ1v) is 10.1. The number of ketones is 1. The van der Waals surface area contributed by atoms with Crippen molar-refractivity contribution in [2.75, 3.05) is 13.7 Å². The molecule has 1 N–H and O–H groups in total. The summed E-state index contributed by atoms with van der Waals surface area (Å²) in [7, 11) is 1.27. The number of carbonyl (C=O) groups is 3. The maximum atomic E-state index is 12.8. The van der Waals surface area contributed by atoms with E-state index in [4.69, 9.17) is 14.2 Å². The Bertz CT molecular complexity index is 1130. The van der Waals surface area contributed by atoms with Gasteiger partial charge in [0.1, 0.15) is 5.75 Å². The Morgan fingerprint density at radius 1 is 0.969 bits per heavy atom. The van der Waals surface area contributed by atoms with Gasteiger partial charge in [-0.2, -0.15) is 0 Å². The van der Waals surface area contributed by atoms with Gasteiger partial charge < -0.3 is 19.2 Å². The zero-order valence-corrected chi connectivity index (χ0v) is 18.4. The summed E-state index contributed by atoms with van der Waals surface area (Å²) in [6.07, 6.45) is -1.06. The van der Waals surface area contributed by atoms with Crippen LogP contribution in [0.3, 0.4) is 0 Å². The van der Waals surface area contributed by atoms with Gasteiger partial charge in [-0.05, 0) is 38.0 Å². The van der Waals surface area contributed by atoms with Gasteiger partial charge in [0, 0.05) is 11.3 Å². The number of benzene rings is 2. The van der Waals surface area contributed by atoms with Crippen LogP contribution in [0.2, 0.25) is 0 Å². The molecule has 1 heterocycles. The van der Waals surface area contributed by atoms with E-state index < -0.39 is 23.8 Å². The minimum Gasteiger partial charge on any atom is -0.481 e. The number of hydrogen-bond donors (Lipinski definition) is 1. The van der Waals surface area contributed by atoms with Crippen molar-refractivity contribution in [3.63, 3.8) is 0 Å². The van der Waals surface area contributed by atoms with Gasteiger partial charge >= 0.3 is 11.9 Å². The van der Waals surface area contributed by atoms with Gasteiger partial charge in [-0.25, -0.2) is 9.59 Å². The van der Waals surface area contributed by atoms with Gasteiger partial charge in [0.15, 0.2) is 12.7 Å². The molecule has 0 saturated carbocycles. The van der Waals surface area contributed by atoms with Crippen molar-refractivity contribution in [2.45, 2.75) is 26.9 Å². The van der Waals surface area contributed by atoms with Gasteiger partial charge in [0.25, 0.3) is 0 Å². The topological polar surface area (TPSA) is 94.7 Å². The van der Waals surface area contributed by atoms with Gasteiger partial charge in [-0.15, -0.1) is 0 Å². The third kappa shape index (κ3) is 4.88. The molecular weight excluding hydrogens is 410 g/mol. The number of ether oxygens (including phenoxy) is 3. The van der Waals surface area contributed by atoms with E-state index in [1.54, 1.807) is 19.9 Å². The molecule has 3 rings (SSSR count). The third-order valence-corrected chi connectivity index (χ3v) is 5.07. The zero-order valence-electron chi connectivity index (χ0n) is 18.4. The molecule has 7 heteroatoms. The fourth-order valence-electron chi connectivity index (χ4n) is 3.48. The van der Waals surface area contributed by atoms with Crippen LogP contribution in [-0.4, -0.2) is 42.5 Å². The van der Waals surface area contributed by atoms with E-state index >= 15 is 0 Å². The summed E-state index contributed by atoms with van der Waals surface area (Å²) in [4.78, 5) is 40.0. The number of aromatic nitrogens is 1. The number of Topliss-reactive ketones (excluding diaryl/α,β-unsaturated/α-hetero) is 1. The van der Waals surface area contributed by atoms with Crippen LogP contribution >= 0.6 is 0 Å². The van der Waals surface area contributed by atoms with E-state index in [0.717, 1.165) is 11.1 Å². The lowest BCUT2D eigenvalue weighted by Crippen LogP contribution is -2.28. The molecule has 0 aliphatic rings. The number of aromatic amines is 1. The minimum absolute atomic E-state index is 0.207. The fraction of sp³-hybridized carbons (Fsp3) is 0.240. The summed E-state index contributed by atoms with van der Waals surface area (Å²) in [5.41, 5.74) is 3.28. The highest BCUT2D eigenvalue weighted by molar-refractivity contribution is 6.04. The molecular formula is C25H25NO6. The standard InChI is InChI=1S/C25H25NO6/c1-15-22(25(29)30-4)16(2)26-23(15)24(28)17(3)32-21(27)14-31-20-13-9-8-12-19(20)18-10-6-5-7-11-18/h5-13,17,26H,14H2,1-4H3/t17-/m0/s1. The highest BCUT2D eigenvalue weighted by Gasteiger charge is 2.27. The fourth-order valence-corrected chi connectivity index (χ4v) is 3.48. The lowest BCUT2D eigenvalue weighted by atomic mass is 10.1. The molecule has 0 radical (unpaired) electrons. The molecule has 0 saturated heterocycles. The third-order valence-electron chi connectivity index (χ3n) is 5.07. The molecule has 0 aliphatic heterocycles. The van der Waals surface area contributed by atoms with Crippen LogP contribution in [-0.2, 0) is 14.3 Å². The van der Waals surface area contributed by atoms with Crippen molar-refractivity contribution in [1.29, 1.82) is 0 Å². The average molecular weight is 435 g/mol. The van der Waals surface area contributed by atoms with Gasteiger partial charge in [0.2, 0.25) is 5.78 Å². The number of nitrogens with one attached hydrogen (secondary N) is 1. The highest BCUT2D eigenvalue weighted by atomic mass is 16.6. The van der Waals surface area contributed by atoms with Gasteiger partial charge in [-0.1, -0.05) is 48.5 Å². The largest absolute Gasteiger partial charge is 0.481 e. The van der Waals surface area contributed by atoms with Crippen molar-refractivity contribution in [1.82, 2.24) is 4.98 Å². The maximum Gasteiger partial charge on any atom is 0.344 e. The predicted molar refractivity (Wildman–Crippen MR) is 119 cm³/mol. The Hall–Kier alpha value is -3.87. The molecule has 32 heavy (non-hydrogen) atoms. The smallest absolute Gasteiger partial charge is 0.344 e. The number of aryl methyl sites for hydroxylation is 1. The van der Waals surface area contributed by atoms with E-state index in [1.807, 2.05) is 48.5 Å². The molecule has 7 nitrogen and oxygen atoms in total. The number of para-hydroxylation sites is 1. The summed E-state index contributed by atoms with van der Waals surface area (Å²) in [5.74, 6) is -1.12. The Balaban J connectivity index is 1.65. The lowest BCUT2D eigenvalue weighted by molar-refractivity contribution is -0.148. The molecule has 0 fully saturated rings. The number of esters is 2. The summed E-state index contributed by atoms with van der Waals surface area (Å²) in [5, 5.41) is 0. The molecule has 3 aromatic rings. The van der Waals surface area contributed by atoms with Crippen molar-refractivity contribution < 1.29 is 28.6 Å². The SMILES string of the molecule is COC(=O)c1c(C)[nH]c(C(=O)[C@H](C)OC(=O)COc2ccccc2-c2ccccc2)c1C. The van der Waals surface area contributed by atoms with Crippen LogP contribution < -0.4 is 4.74 Å². The number of H-pyrrole nitrogens is 1. The van der Waals surface area contributed by atoms with Crippen molar-refractivity contribution >= 4 is 17.7 Å². The molecule has 1 aromatic heterocycles. The van der Waals surface area contributed by atoms with E-state index in [-0.39, 0.29) is 12.3 Å². The molecule has 0 spiro atoms. The highest BCUT2D eigenvalue weighted by Crippen LogP contribution is 2.29. The second-order valence-corrected chi connectivity index (χ2v) is 7.26. The Kier molecular flexibility index (Phi) is 7.10. The Morgan fingerprint density at radius 2 is 1.62 bits per heavy atom. The van der Waals surface area contributed by atoms with Crippen LogP contribution in [0.4, 0.5) is 0 Å². The molecule has 0 unspecified atom stereocenters. The normalized spacial score (nSPS) is 11.5. The first-order valence-electron chi connectivity index (χ1n) is 10.1. The summed E-state index contributed by atoms with van der Waals surface area (Å²) in [6, 6.07) is 17.0. The zero-order chi connectivity index (χ0) is 23.3. The number of rotatable bonds is 8. The average Bonchev–Trinajstić information content (AvgIpc) is 3.11. The number of methoxy groups -OCH3 is 1. The Morgan fingerprint density at radius 3 is 2.31 bits per heavy atom. The van der Waals surface area contributed by atoms with Crippen LogP contribution in [0.25, 0.3) is 11.1 Å². The van der Waals surface area contributed by atoms with Gasteiger partial charge in [-0.3, -0.25) is 4.79 Å². The molecule has 0 amide bonds. The van der Waals surface area contributed by atoms with E-state index in [2.05, 4.69) is 4.98 Å². The molecule has 0 bridgehead atoms. The van der Waals surface area contributed by atoms with Crippen molar-refractivity contribution in [2.24, 2.45) is 0 Å². The second-order valence-electron chi connectivity index (χ2n) is 7.26. The second kappa shape index (κ2) is 9.96. The minimum atomic E-state index is -1.06. The molecule has 0 aliphatic carbocycles. The first-order chi connectivity index (χ1) is 15.3. The molecule has 2 aromatic carbocycles. The van der Waals surface area contributed by atoms with Crippen LogP contribution in [0.1, 0.15) is 39.0 Å². The van der Waals surface area contributed by atoms with Crippen LogP contribution in [0.15, 0.2) is 54.6 Å². The monoisotopic (exact) mass is 435 g/mol. The summed E-state index contributed by atoms with van der Waals surface area (Å²) < 4.78 is 15.7. The quantitative estimate of drug-likeness (QED) is 0.419. The van der Waals surface area contributed by atoms with Crippen LogP contribution in [0.5, 0.6) is 5.75 Å². The predicted octanol–water partition coefficient (Wildman–Crippen LogP) is 4.28. The summed E-state index contributed by atoms with van der Waals surface area (Å²) in [6.45, 7) is 4.44. The Labute approximate surface area is 186 Å². The molecule has 166 valence electrons. The van der Waals surface area contributed by atoms with Crippen molar-refractivity contribution in [3.05, 3.63) is 77.1 Å². The molecule has 1 atom stereocenters. The van der Waals surface area contributed by atoms with Crippen molar-refractivity contribution in [3.8, 4) is 16.9 Å². The summed E-state index contributed by atoms with van der Waals surface area (Å²) >= 11 is 0. The van der Waals surface area contributed by atoms with E-state index in [9.17, 15) is 14.4 Å². The lowest BCUT2D eigenvalue weighted by Gasteiger charge is -2.14. The number of hydrogen-bond acceptors (Lipinski definition) is 6.